The number of nitrogens with zero attached hydrogens (tertiary/aromatic N) is 1. The predicted molar refractivity (Wildman–Crippen MR) is 46.2 cm³/mol. The van der Waals surface area contributed by atoms with Crippen LogP contribution in [0.1, 0.15) is 11.5 Å². The van der Waals surface area contributed by atoms with Gasteiger partial charge in [-0.05, 0) is 6.92 Å². The lowest BCUT2D eigenvalue weighted by Gasteiger charge is -1.88. The highest BCUT2D eigenvalue weighted by atomic mass is 32.2. The summed E-state index contributed by atoms with van der Waals surface area (Å²) in [6.45, 7) is 1.88. The fourth-order valence-electron chi connectivity index (χ4n) is 0.701. The molecule has 0 unspecified atom stereocenters. The van der Waals surface area contributed by atoms with E-state index in [1.54, 1.807) is 11.8 Å². The molecular formula is C8H9NOS. The van der Waals surface area contributed by atoms with Crippen LogP contribution in [-0.4, -0.2) is 10.9 Å². The van der Waals surface area contributed by atoms with Crippen LogP contribution in [0.3, 0.4) is 0 Å². The Labute approximate surface area is 70.3 Å². The molecule has 0 saturated carbocycles. The molecule has 0 aliphatic carbocycles. The molecular weight excluding hydrogens is 158 g/mol. The molecule has 1 aromatic rings. The van der Waals surface area contributed by atoms with Gasteiger partial charge in [-0.25, -0.2) is 0 Å². The van der Waals surface area contributed by atoms with Gasteiger partial charge in [-0.3, -0.25) is 0 Å². The lowest BCUT2D eigenvalue weighted by molar-refractivity contribution is 0.393. The van der Waals surface area contributed by atoms with Crippen molar-refractivity contribution in [3.05, 3.63) is 17.5 Å². The molecule has 0 aliphatic rings. The number of hydrogen-bond donors (Lipinski definition) is 0. The topological polar surface area (TPSA) is 26.0 Å². The number of hydrogen-bond acceptors (Lipinski definition) is 3. The first kappa shape index (κ1) is 8.22. The second-order valence-electron chi connectivity index (χ2n) is 2.13. The zero-order chi connectivity index (χ0) is 8.10. The molecule has 0 aromatic carbocycles. The Morgan fingerprint density at radius 3 is 3.18 bits per heavy atom. The van der Waals surface area contributed by atoms with Gasteiger partial charge in [0, 0.05) is 11.8 Å². The molecule has 0 bridgehead atoms. The molecule has 0 atom stereocenters. The van der Waals surface area contributed by atoms with Crippen LogP contribution in [0.5, 0.6) is 0 Å². The summed E-state index contributed by atoms with van der Waals surface area (Å²) in [5.41, 5.74) is 0.961. The van der Waals surface area contributed by atoms with Crippen LogP contribution in [0.2, 0.25) is 0 Å². The highest BCUT2D eigenvalue weighted by Crippen LogP contribution is 2.10. The summed E-state index contributed by atoms with van der Waals surface area (Å²) < 4.78 is 4.88. The molecule has 1 aromatic heterocycles. The first-order valence-corrected chi connectivity index (χ1v) is 4.42. The summed E-state index contributed by atoms with van der Waals surface area (Å²) >= 11 is 1.66. The van der Waals surface area contributed by atoms with Crippen molar-refractivity contribution in [3.8, 4) is 12.3 Å². The molecule has 0 saturated heterocycles. The van der Waals surface area contributed by atoms with Gasteiger partial charge in [-0.15, -0.1) is 18.2 Å². The monoisotopic (exact) mass is 167 g/mol. The van der Waals surface area contributed by atoms with Gasteiger partial charge in [0.05, 0.1) is 11.4 Å². The van der Waals surface area contributed by atoms with E-state index in [0.29, 0.717) is 0 Å². The van der Waals surface area contributed by atoms with Crippen molar-refractivity contribution in [1.29, 1.82) is 0 Å². The van der Waals surface area contributed by atoms with Gasteiger partial charge in [0.1, 0.15) is 5.76 Å². The largest absolute Gasteiger partial charge is 0.361 e. The highest BCUT2D eigenvalue weighted by molar-refractivity contribution is 7.98. The number of aryl methyl sites for hydroxylation is 1. The molecule has 11 heavy (non-hydrogen) atoms. The highest BCUT2D eigenvalue weighted by Gasteiger charge is 1.98. The summed E-state index contributed by atoms with van der Waals surface area (Å²) in [7, 11) is 0. The predicted octanol–water partition coefficient (Wildman–Crippen LogP) is 1.85. The minimum absolute atomic E-state index is 0.728. The number of aromatic nitrogens is 1. The van der Waals surface area contributed by atoms with Crippen LogP contribution in [0.15, 0.2) is 10.6 Å². The normalized spacial score (nSPS) is 9.45. The van der Waals surface area contributed by atoms with Crippen molar-refractivity contribution in [2.75, 3.05) is 5.75 Å². The van der Waals surface area contributed by atoms with E-state index in [0.717, 1.165) is 23.0 Å². The molecule has 0 amide bonds. The Morgan fingerprint density at radius 1 is 1.82 bits per heavy atom. The summed E-state index contributed by atoms with van der Waals surface area (Å²) in [5, 5.41) is 3.82. The SMILES string of the molecule is C#CCSCc1cc(C)on1. The molecule has 2 nitrogen and oxygen atoms in total. The zero-order valence-corrected chi connectivity index (χ0v) is 7.15. The summed E-state index contributed by atoms with van der Waals surface area (Å²) in [5.74, 6) is 4.96. The molecule has 0 radical (unpaired) electrons. The minimum Gasteiger partial charge on any atom is -0.361 e. The third-order valence-corrected chi connectivity index (χ3v) is 1.98. The van der Waals surface area contributed by atoms with Crippen LogP contribution in [0.25, 0.3) is 0 Å². The molecule has 1 rings (SSSR count). The van der Waals surface area contributed by atoms with E-state index in [1.165, 1.54) is 0 Å². The van der Waals surface area contributed by atoms with E-state index in [1.807, 2.05) is 13.0 Å². The van der Waals surface area contributed by atoms with Crippen LogP contribution in [0, 0.1) is 19.3 Å². The van der Waals surface area contributed by atoms with Gasteiger partial charge < -0.3 is 4.52 Å². The van der Waals surface area contributed by atoms with E-state index < -0.39 is 0 Å². The molecule has 0 spiro atoms. The number of thioether (sulfide) groups is 1. The first-order valence-electron chi connectivity index (χ1n) is 3.26. The van der Waals surface area contributed by atoms with Crippen molar-refractivity contribution in [3.63, 3.8) is 0 Å². The molecule has 58 valence electrons. The lowest BCUT2D eigenvalue weighted by atomic mass is 10.4. The molecule has 3 heteroatoms. The summed E-state index contributed by atoms with van der Waals surface area (Å²) in [4.78, 5) is 0. The van der Waals surface area contributed by atoms with Crippen LogP contribution in [-0.2, 0) is 5.75 Å². The standard InChI is InChI=1S/C8H9NOS/c1-3-4-11-6-8-5-7(2)10-9-8/h1,5H,4,6H2,2H3. The lowest BCUT2D eigenvalue weighted by Crippen LogP contribution is -1.79. The minimum atomic E-state index is 0.728. The first-order chi connectivity index (χ1) is 5.33. The Kier molecular flexibility index (Phi) is 3.06. The van der Waals surface area contributed by atoms with E-state index in [4.69, 9.17) is 10.9 Å². The van der Waals surface area contributed by atoms with E-state index in [2.05, 4.69) is 11.1 Å². The fraction of sp³-hybridized carbons (Fsp3) is 0.375. The molecule has 1 heterocycles. The molecule has 0 fully saturated rings. The Morgan fingerprint density at radius 2 is 2.64 bits per heavy atom. The molecule has 0 N–H and O–H groups in total. The van der Waals surface area contributed by atoms with Crippen LogP contribution in [0.4, 0.5) is 0 Å². The van der Waals surface area contributed by atoms with Crippen molar-refractivity contribution in [1.82, 2.24) is 5.16 Å². The van der Waals surface area contributed by atoms with Crippen LogP contribution < -0.4 is 0 Å². The van der Waals surface area contributed by atoms with Crippen LogP contribution >= 0.6 is 11.8 Å². The summed E-state index contributed by atoms with van der Waals surface area (Å²) in [6, 6.07) is 1.92. The number of terminal acetylenes is 1. The average molecular weight is 167 g/mol. The Hall–Kier alpha value is -0.880. The average Bonchev–Trinajstić information content (AvgIpc) is 2.37. The van der Waals surface area contributed by atoms with Crippen molar-refractivity contribution >= 4 is 11.8 Å². The molecule has 0 aliphatic heterocycles. The van der Waals surface area contributed by atoms with E-state index in [9.17, 15) is 0 Å². The zero-order valence-electron chi connectivity index (χ0n) is 6.33. The van der Waals surface area contributed by atoms with E-state index >= 15 is 0 Å². The maximum Gasteiger partial charge on any atom is 0.133 e. The van der Waals surface area contributed by atoms with Gasteiger partial charge in [0.2, 0.25) is 0 Å². The number of rotatable bonds is 3. The summed E-state index contributed by atoms with van der Waals surface area (Å²) in [6.07, 6.45) is 5.08. The quantitative estimate of drug-likeness (QED) is 0.507. The maximum atomic E-state index is 5.08. The van der Waals surface area contributed by atoms with Gasteiger partial charge in [0.25, 0.3) is 0 Å². The second kappa shape index (κ2) is 4.09. The maximum absolute atomic E-state index is 5.08. The van der Waals surface area contributed by atoms with Gasteiger partial charge in [0.15, 0.2) is 0 Å². The third kappa shape index (κ3) is 2.69. The Bertz CT molecular complexity index is 261. The van der Waals surface area contributed by atoms with Gasteiger partial charge >= 0.3 is 0 Å². The van der Waals surface area contributed by atoms with Gasteiger partial charge in [-0.1, -0.05) is 11.1 Å². The Balaban J connectivity index is 2.34. The van der Waals surface area contributed by atoms with Crippen molar-refractivity contribution in [2.45, 2.75) is 12.7 Å². The third-order valence-electron chi connectivity index (χ3n) is 1.11. The van der Waals surface area contributed by atoms with Crippen molar-refractivity contribution < 1.29 is 4.52 Å². The van der Waals surface area contributed by atoms with Crippen molar-refractivity contribution in [2.24, 2.45) is 0 Å². The van der Waals surface area contributed by atoms with Gasteiger partial charge in [-0.2, -0.15) is 0 Å². The smallest absolute Gasteiger partial charge is 0.133 e. The van der Waals surface area contributed by atoms with E-state index in [-0.39, 0.29) is 0 Å². The second-order valence-corrected chi connectivity index (χ2v) is 3.11. The fourth-order valence-corrected chi connectivity index (χ4v) is 1.27.